The third-order valence-corrected chi connectivity index (χ3v) is 4.17. The van der Waals surface area contributed by atoms with Gasteiger partial charge in [0.05, 0.1) is 12.8 Å². The Labute approximate surface area is 165 Å². The molecule has 144 valence electrons. The Morgan fingerprint density at radius 1 is 0.893 bits per heavy atom. The predicted molar refractivity (Wildman–Crippen MR) is 112 cm³/mol. The fraction of sp³-hybridized carbons (Fsp3) is 0.227. The third kappa shape index (κ3) is 4.65. The van der Waals surface area contributed by atoms with Crippen LogP contribution < -0.4 is 15.4 Å². The lowest BCUT2D eigenvalue weighted by atomic mass is 10.1. The molecule has 0 aliphatic carbocycles. The summed E-state index contributed by atoms with van der Waals surface area (Å²) in [6, 6.07) is 13.4. The van der Waals surface area contributed by atoms with Crippen LogP contribution in [0.4, 0.5) is 17.3 Å². The van der Waals surface area contributed by atoms with Crippen LogP contribution in [-0.2, 0) is 0 Å². The van der Waals surface area contributed by atoms with E-state index >= 15 is 0 Å². The predicted octanol–water partition coefficient (Wildman–Crippen LogP) is 4.71. The van der Waals surface area contributed by atoms with Gasteiger partial charge in [-0.15, -0.1) is 0 Å². The zero-order chi connectivity index (χ0) is 20.3. The number of nitrogens with one attached hydrogen (secondary N) is 2. The number of aromatic nitrogens is 2. The summed E-state index contributed by atoms with van der Waals surface area (Å²) in [4.78, 5) is 21.6. The number of hydrogen-bond acceptors (Lipinski definition) is 5. The van der Waals surface area contributed by atoms with Crippen LogP contribution in [0.25, 0.3) is 0 Å². The molecule has 0 saturated heterocycles. The van der Waals surface area contributed by atoms with E-state index in [1.165, 1.54) is 0 Å². The summed E-state index contributed by atoms with van der Waals surface area (Å²) in [5, 5.41) is 6.06. The minimum atomic E-state index is -0.321. The summed E-state index contributed by atoms with van der Waals surface area (Å²) >= 11 is 0. The molecule has 28 heavy (non-hydrogen) atoms. The van der Waals surface area contributed by atoms with E-state index in [1.54, 1.807) is 13.2 Å². The molecule has 0 radical (unpaired) electrons. The molecule has 0 fully saturated rings. The van der Waals surface area contributed by atoms with E-state index in [0.29, 0.717) is 23.1 Å². The highest BCUT2D eigenvalue weighted by Gasteiger charge is 2.14. The summed E-state index contributed by atoms with van der Waals surface area (Å²) in [6.45, 7) is 7.85. The van der Waals surface area contributed by atoms with Crippen LogP contribution in [0.3, 0.4) is 0 Å². The second-order valence-electron chi connectivity index (χ2n) is 6.88. The first-order valence-corrected chi connectivity index (χ1v) is 9.01. The highest BCUT2D eigenvalue weighted by molar-refractivity contribution is 6.04. The number of nitrogens with zero attached hydrogens (tertiary/aromatic N) is 2. The molecule has 0 aliphatic rings. The fourth-order valence-electron chi connectivity index (χ4n) is 3.02. The van der Waals surface area contributed by atoms with Gasteiger partial charge in [-0.2, -0.15) is 0 Å². The summed E-state index contributed by atoms with van der Waals surface area (Å²) in [7, 11) is 1.57. The first kappa shape index (κ1) is 19.4. The number of carbonyl (C=O) groups is 1. The Kier molecular flexibility index (Phi) is 5.59. The van der Waals surface area contributed by atoms with Gasteiger partial charge in [-0.1, -0.05) is 12.1 Å². The summed E-state index contributed by atoms with van der Waals surface area (Å²) in [5.74, 6) is 0.655. The average molecular weight is 376 g/mol. The van der Waals surface area contributed by atoms with Crippen LogP contribution in [0.1, 0.15) is 32.9 Å². The van der Waals surface area contributed by atoms with Crippen molar-refractivity contribution >= 4 is 23.2 Å². The van der Waals surface area contributed by atoms with Crippen molar-refractivity contribution in [2.45, 2.75) is 27.7 Å². The lowest BCUT2D eigenvalue weighted by Crippen LogP contribution is -2.16. The van der Waals surface area contributed by atoms with Gasteiger partial charge in [-0.05, 0) is 74.7 Å². The lowest BCUT2D eigenvalue weighted by Gasteiger charge is -2.12. The van der Waals surface area contributed by atoms with Crippen molar-refractivity contribution in [1.82, 2.24) is 9.97 Å². The molecule has 0 saturated carbocycles. The van der Waals surface area contributed by atoms with Crippen LogP contribution >= 0.6 is 0 Å². The van der Waals surface area contributed by atoms with Crippen LogP contribution in [-0.4, -0.2) is 23.0 Å². The Balaban J connectivity index is 1.86. The van der Waals surface area contributed by atoms with E-state index < -0.39 is 0 Å². The smallest absolute Gasteiger partial charge is 0.274 e. The molecule has 3 aromatic rings. The number of aryl methyl sites for hydroxylation is 4. The minimum absolute atomic E-state index is 0.280. The van der Waals surface area contributed by atoms with Crippen molar-refractivity contribution in [3.8, 4) is 5.75 Å². The molecule has 2 aromatic carbocycles. The highest BCUT2D eigenvalue weighted by Crippen LogP contribution is 2.26. The second-order valence-corrected chi connectivity index (χ2v) is 6.88. The van der Waals surface area contributed by atoms with Gasteiger partial charge in [0.2, 0.25) is 5.95 Å². The quantitative estimate of drug-likeness (QED) is 0.674. The Hall–Kier alpha value is -3.41. The molecule has 2 N–H and O–H groups in total. The van der Waals surface area contributed by atoms with Crippen LogP contribution in [0.15, 0.2) is 42.5 Å². The number of benzene rings is 2. The largest absolute Gasteiger partial charge is 0.495 e. The minimum Gasteiger partial charge on any atom is -0.495 e. The summed E-state index contributed by atoms with van der Waals surface area (Å²) in [5.41, 5.74) is 5.76. The van der Waals surface area contributed by atoms with Gasteiger partial charge in [0, 0.05) is 11.4 Å². The Morgan fingerprint density at radius 3 is 2.29 bits per heavy atom. The molecule has 0 spiro atoms. The van der Waals surface area contributed by atoms with Gasteiger partial charge >= 0.3 is 0 Å². The topological polar surface area (TPSA) is 76.1 Å². The maximum absolute atomic E-state index is 12.8. The third-order valence-electron chi connectivity index (χ3n) is 4.17. The van der Waals surface area contributed by atoms with Gasteiger partial charge < -0.3 is 15.4 Å². The number of hydrogen-bond donors (Lipinski definition) is 2. The van der Waals surface area contributed by atoms with E-state index in [4.69, 9.17) is 4.74 Å². The zero-order valence-corrected chi connectivity index (χ0v) is 16.8. The van der Waals surface area contributed by atoms with Crippen LogP contribution in [0.2, 0.25) is 0 Å². The van der Waals surface area contributed by atoms with Gasteiger partial charge in [-0.3, -0.25) is 4.79 Å². The first-order valence-electron chi connectivity index (χ1n) is 9.01. The molecule has 3 rings (SSSR count). The molecule has 6 nitrogen and oxygen atoms in total. The highest BCUT2D eigenvalue weighted by atomic mass is 16.5. The monoisotopic (exact) mass is 376 g/mol. The number of ether oxygens (including phenoxy) is 1. The van der Waals surface area contributed by atoms with Gasteiger partial charge in [-0.25, -0.2) is 9.97 Å². The van der Waals surface area contributed by atoms with Crippen molar-refractivity contribution in [2.24, 2.45) is 0 Å². The molecule has 1 heterocycles. The van der Waals surface area contributed by atoms with Crippen molar-refractivity contribution in [3.63, 3.8) is 0 Å². The summed E-state index contributed by atoms with van der Waals surface area (Å²) in [6.07, 6.45) is 0. The van der Waals surface area contributed by atoms with E-state index in [0.717, 1.165) is 22.4 Å². The molecular formula is C22H24N4O2. The maximum Gasteiger partial charge on any atom is 0.274 e. The van der Waals surface area contributed by atoms with E-state index in [2.05, 4.69) is 26.7 Å². The fourth-order valence-corrected chi connectivity index (χ4v) is 3.02. The van der Waals surface area contributed by atoms with Gasteiger partial charge in [0.15, 0.2) is 0 Å². The molecule has 0 aliphatic heterocycles. The maximum atomic E-state index is 12.8. The van der Waals surface area contributed by atoms with Crippen molar-refractivity contribution < 1.29 is 9.53 Å². The van der Waals surface area contributed by atoms with Crippen LogP contribution in [0, 0.1) is 27.7 Å². The molecule has 0 atom stereocenters. The zero-order valence-electron chi connectivity index (χ0n) is 16.8. The lowest BCUT2D eigenvalue weighted by molar-refractivity contribution is 0.102. The van der Waals surface area contributed by atoms with E-state index in [1.807, 2.05) is 58.0 Å². The Bertz CT molecular complexity index is 1010. The second kappa shape index (κ2) is 8.08. The van der Waals surface area contributed by atoms with Gasteiger partial charge in [0.1, 0.15) is 11.4 Å². The van der Waals surface area contributed by atoms with Crippen molar-refractivity contribution in [2.75, 3.05) is 17.7 Å². The number of carbonyl (C=O) groups excluding carboxylic acids is 1. The normalized spacial score (nSPS) is 10.5. The molecule has 6 heteroatoms. The molecule has 1 amide bonds. The van der Waals surface area contributed by atoms with E-state index in [-0.39, 0.29) is 11.6 Å². The van der Waals surface area contributed by atoms with Crippen LogP contribution in [0.5, 0.6) is 5.75 Å². The average Bonchev–Trinajstić information content (AvgIpc) is 2.60. The molecule has 0 unspecified atom stereocenters. The van der Waals surface area contributed by atoms with Gasteiger partial charge in [0.25, 0.3) is 5.91 Å². The van der Waals surface area contributed by atoms with Crippen molar-refractivity contribution in [1.29, 1.82) is 0 Å². The summed E-state index contributed by atoms with van der Waals surface area (Å²) < 4.78 is 5.33. The Morgan fingerprint density at radius 2 is 1.61 bits per heavy atom. The number of methoxy groups -OCH3 is 1. The first-order chi connectivity index (χ1) is 13.3. The van der Waals surface area contributed by atoms with E-state index in [9.17, 15) is 4.79 Å². The number of anilines is 3. The SMILES string of the molecule is COc1ccc(C)cc1NC(=O)c1cc(C)nc(Nc2cc(C)cc(C)c2)n1. The molecular weight excluding hydrogens is 352 g/mol. The number of rotatable bonds is 5. The molecule has 1 aromatic heterocycles. The molecule has 0 bridgehead atoms. The van der Waals surface area contributed by atoms with Crippen molar-refractivity contribution in [3.05, 3.63) is 70.5 Å². The number of amides is 1. The standard InChI is InChI=1S/C22H24N4O2/c1-13-6-7-20(28-5)18(11-13)25-21(27)19-12-16(4)23-22(26-19)24-17-9-14(2)8-15(3)10-17/h6-12H,1-5H3,(H,25,27)(H,23,24,26).